The molecule has 1 heterocycles. The highest BCUT2D eigenvalue weighted by molar-refractivity contribution is 8.07. The summed E-state index contributed by atoms with van der Waals surface area (Å²) in [5, 5.41) is -0.276. The Morgan fingerprint density at radius 2 is 1.94 bits per heavy atom. The molecule has 2 rings (SSSR count). The van der Waals surface area contributed by atoms with Crippen LogP contribution in [0.1, 0.15) is 0 Å². The largest absolute Gasteiger partial charge is 0.273 e. The van der Waals surface area contributed by atoms with Crippen molar-refractivity contribution in [2.24, 2.45) is 0 Å². The molecule has 0 unspecified atom stereocenters. The highest BCUT2D eigenvalue weighted by Crippen LogP contribution is 2.24. The summed E-state index contributed by atoms with van der Waals surface area (Å²) in [4.78, 5) is 12.0. The maximum Gasteiger partial charge on any atom is 0.264 e. The molecule has 1 fully saturated rings. The summed E-state index contributed by atoms with van der Waals surface area (Å²) >= 11 is 3.19. The van der Waals surface area contributed by atoms with E-state index in [1.807, 2.05) is 0 Å². The zero-order chi connectivity index (χ0) is 13.0. The lowest BCUT2D eigenvalue weighted by Crippen LogP contribution is -2.39. The zero-order valence-electron chi connectivity index (χ0n) is 9.53. The number of hydrogen-bond acceptors (Lipinski definition) is 5. The van der Waals surface area contributed by atoms with Crippen LogP contribution in [-0.4, -0.2) is 36.8 Å². The van der Waals surface area contributed by atoms with Crippen LogP contribution in [0.4, 0.5) is 0 Å². The molecule has 1 N–H and O–H groups in total. The fourth-order valence-electron chi connectivity index (χ4n) is 1.50. The summed E-state index contributed by atoms with van der Waals surface area (Å²) in [5.74, 6) is 2.14. The van der Waals surface area contributed by atoms with Crippen molar-refractivity contribution < 1.29 is 13.2 Å². The van der Waals surface area contributed by atoms with Crippen LogP contribution in [0, 0.1) is 0 Å². The van der Waals surface area contributed by atoms with Crippen LogP contribution in [0.3, 0.4) is 0 Å². The van der Waals surface area contributed by atoms with Gasteiger partial charge in [-0.15, -0.1) is 11.8 Å². The van der Waals surface area contributed by atoms with Crippen LogP contribution >= 0.6 is 23.5 Å². The Hall–Kier alpha value is -0.660. The van der Waals surface area contributed by atoms with Crippen molar-refractivity contribution in [3.05, 3.63) is 30.3 Å². The standard InChI is InChI=1S/C11H13NO3S3/c13-11(10-8-16-6-7-17-10)12-18(14,15)9-4-2-1-3-5-9/h1-5,10H,6-8H2,(H,12,13)/t10-/m1/s1. The first-order valence-corrected chi connectivity index (χ1v) is 9.09. The minimum atomic E-state index is -3.73. The predicted octanol–water partition coefficient (Wildman–Crippen LogP) is 1.34. The third-order valence-corrected chi connectivity index (χ3v) is 6.51. The first kappa shape index (κ1) is 13.8. The van der Waals surface area contributed by atoms with Crippen LogP contribution in [-0.2, 0) is 14.8 Å². The Bertz CT molecular complexity index is 510. The van der Waals surface area contributed by atoms with Crippen molar-refractivity contribution in [2.75, 3.05) is 17.3 Å². The van der Waals surface area contributed by atoms with E-state index < -0.39 is 15.9 Å². The Kier molecular flexibility index (Phi) is 4.58. The van der Waals surface area contributed by atoms with E-state index >= 15 is 0 Å². The molecular weight excluding hydrogens is 290 g/mol. The number of benzene rings is 1. The van der Waals surface area contributed by atoms with Gasteiger partial charge < -0.3 is 0 Å². The maximum absolute atomic E-state index is 11.9. The highest BCUT2D eigenvalue weighted by atomic mass is 32.2. The van der Waals surface area contributed by atoms with Gasteiger partial charge in [0, 0.05) is 17.3 Å². The van der Waals surface area contributed by atoms with Gasteiger partial charge in [-0.1, -0.05) is 18.2 Å². The number of carbonyl (C=O) groups is 1. The summed E-state index contributed by atoms with van der Waals surface area (Å²) in [5.41, 5.74) is 0. The van der Waals surface area contributed by atoms with E-state index in [1.165, 1.54) is 23.9 Å². The average Bonchev–Trinajstić information content (AvgIpc) is 2.40. The summed E-state index contributed by atoms with van der Waals surface area (Å²) in [7, 11) is -3.73. The van der Waals surface area contributed by atoms with Gasteiger partial charge in [0.15, 0.2) is 0 Å². The molecule has 1 aliphatic heterocycles. The molecule has 1 aromatic carbocycles. The fourth-order valence-corrected chi connectivity index (χ4v) is 5.17. The molecule has 1 atom stereocenters. The molecule has 98 valence electrons. The van der Waals surface area contributed by atoms with Gasteiger partial charge >= 0.3 is 0 Å². The van der Waals surface area contributed by atoms with Gasteiger partial charge in [0.05, 0.1) is 10.1 Å². The van der Waals surface area contributed by atoms with Gasteiger partial charge in [0.1, 0.15) is 0 Å². The number of amides is 1. The van der Waals surface area contributed by atoms with E-state index in [0.717, 1.165) is 11.5 Å². The van der Waals surface area contributed by atoms with Crippen LogP contribution in [0.2, 0.25) is 0 Å². The molecule has 1 saturated heterocycles. The number of thioether (sulfide) groups is 2. The van der Waals surface area contributed by atoms with Crippen molar-refractivity contribution in [1.29, 1.82) is 0 Å². The van der Waals surface area contributed by atoms with Crippen molar-refractivity contribution in [1.82, 2.24) is 4.72 Å². The van der Waals surface area contributed by atoms with Crippen molar-refractivity contribution in [2.45, 2.75) is 10.1 Å². The Balaban J connectivity index is 2.06. The molecule has 1 amide bonds. The van der Waals surface area contributed by atoms with E-state index in [0.29, 0.717) is 5.75 Å². The second-order valence-corrected chi connectivity index (χ2v) is 7.86. The van der Waals surface area contributed by atoms with Gasteiger partial charge in [-0.05, 0) is 12.1 Å². The second-order valence-electron chi connectivity index (χ2n) is 3.72. The minimum Gasteiger partial charge on any atom is -0.273 e. The van der Waals surface area contributed by atoms with E-state index in [-0.39, 0.29) is 10.1 Å². The maximum atomic E-state index is 11.9. The molecule has 0 bridgehead atoms. The first-order valence-electron chi connectivity index (χ1n) is 5.41. The van der Waals surface area contributed by atoms with E-state index in [4.69, 9.17) is 0 Å². The normalized spacial score (nSPS) is 20.3. The smallest absolute Gasteiger partial charge is 0.264 e. The molecule has 0 spiro atoms. The lowest BCUT2D eigenvalue weighted by molar-refractivity contribution is -0.118. The lowest BCUT2D eigenvalue weighted by atomic mass is 10.4. The molecule has 7 heteroatoms. The molecule has 0 aliphatic carbocycles. The Morgan fingerprint density at radius 1 is 1.22 bits per heavy atom. The van der Waals surface area contributed by atoms with Crippen LogP contribution in [0.5, 0.6) is 0 Å². The molecular formula is C11H13NO3S3. The third kappa shape index (κ3) is 3.43. The van der Waals surface area contributed by atoms with Crippen molar-refractivity contribution >= 4 is 39.5 Å². The second kappa shape index (κ2) is 5.99. The van der Waals surface area contributed by atoms with E-state index in [2.05, 4.69) is 4.72 Å². The topological polar surface area (TPSA) is 63.2 Å². The monoisotopic (exact) mass is 303 g/mol. The first-order chi connectivity index (χ1) is 8.59. The third-order valence-electron chi connectivity index (χ3n) is 2.40. The predicted molar refractivity (Wildman–Crippen MR) is 75.3 cm³/mol. The highest BCUT2D eigenvalue weighted by Gasteiger charge is 2.26. The molecule has 1 aromatic rings. The number of carbonyl (C=O) groups excluding carboxylic acids is 1. The van der Waals surface area contributed by atoms with Crippen molar-refractivity contribution in [3.8, 4) is 0 Å². The van der Waals surface area contributed by atoms with Gasteiger partial charge in [-0.25, -0.2) is 13.1 Å². The summed E-state index contributed by atoms with van der Waals surface area (Å²) < 4.78 is 26.0. The van der Waals surface area contributed by atoms with Crippen LogP contribution in [0.15, 0.2) is 35.2 Å². The van der Waals surface area contributed by atoms with Gasteiger partial charge in [-0.3, -0.25) is 4.79 Å². The molecule has 4 nitrogen and oxygen atoms in total. The van der Waals surface area contributed by atoms with Crippen LogP contribution < -0.4 is 4.72 Å². The molecule has 0 radical (unpaired) electrons. The van der Waals surface area contributed by atoms with Gasteiger partial charge in [0.25, 0.3) is 10.0 Å². The van der Waals surface area contributed by atoms with E-state index in [1.54, 1.807) is 30.0 Å². The zero-order valence-corrected chi connectivity index (χ0v) is 12.0. The fraction of sp³-hybridized carbons (Fsp3) is 0.364. The Morgan fingerprint density at radius 3 is 2.56 bits per heavy atom. The SMILES string of the molecule is O=C(NS(=O)(=O)c1ccccc1)[C@H]1CSCCS1. The molecule has 0 saturated carbocycles. The number of rotatable bonds is 3. The quantitative estimate of drug-likeness (QED) is 0.913. The molecule has 18 heavy (non-hydrogen) atoms. The lowest BCUT2D eigenvalue weighted by Gasteiger charge is -2.20. The minimum absolute atomic E-state index is 0.117. The summed E-state index contributed by atoms with van der Waals surface area (Å²) in [6.45, 7) is 0. The number of sulfonamides is 1. The average molecular weight is 303 g/mol. The number of nitrogens with one attached hydrogen (secondary N) is 1. The van der Waals surface area contributed by atoms with E-state index in [9.17, 15) is 13.2 Å². The van der Waals surface area contributed by atoms with Crippen LogP contribution in [0.25, 0.3) is 0 Å². The molecule has 1 aliphatic rings. The Labute approximate surface area is 115 Å². The van der Waals surface area contributed by atoms with Crippen molar-refractivity contribution in [3.63, 3.8) is 0 Å². The number of hydrogen-bond donors (Lipinski definition) is 1. The molecule has 0 aromatic heterocycles. The van der Waals surface area contributed by atoms with Gasteiger partial charge in [-0.2, -0.15) is 11.8 Å². The van der Waals surface area contributed by atoms with Gasteiger partial charge in [0.2, 0.25) is 5.91 Å². The summed E-state index contributed by atoms with van der Waals surface area (Å²) in [6, 6.07) is 7.93. The summed E-state index contributed by atoms with van der Waals surface area (Å²) in [6.07, 6.45) is 0.